The summed E-state index contributed by atoms with van der Waals surface area (Å²) >= 11 is 0. The van der Waals surface area contributed by atoms with Gasteiger partial charge in [-0.3, -0.25) is 4.99 Å². The van der Waals surface area contributed by atoms with Crippen molar-refractivity contribution in [3.05, 3.63) is 53.0 Å². The Morgan fingerprint density at radius 2 is 1.81 bits per heavy atom. The molecule has 0 bridgehead atoms. The summed E-state index contributed by atoms with van der Waals surface area (Å²) in [6.07, 6.45) is 18.6. The Balaban J connectivity index is 1.61. The van der Waals surface area contributed by atoms with Crippen LogP contribution in [0.2, 0.25) is 0 Å². The van der Waals surface area contributed by atoms with Gasteiger partial charge in [0.15, 0.2) is 0 Å². The zero-order valence-corrected chi connectivity index (χ0v) is 17.1. The standard InChI is InChI=1S/C24H33N3/c1-4-6-7-8-9-10-11-20-12-13-21(26-20)16-22-15-19(5-2)24(27-22)23-14-18(3)17-25-23/h12-17,25,27H,4-11H2,1-3H3. The fraction of sp³-hybridized carbons (Fsp3) is 0.458. The molecule has 0 atom stereocenters. The number of rotatable bonds is 10. The van der Waals surface area contributed by atoms with Crippen molar-refractivity contribution < 1.29 is 0 Å². The number of nitrogens with zero attached hydrogens (tertiary/aromatic N) is 1. The number of aliphatic imine (C=N–C) groups is 1. The first-order valence-electron chi connectivity index (χ1n) is 10.5. The summed E-state index contributed by atoms with van der Waals surface area (Å²) in [5.74, 6) is 0. The van der Waals surface area contributed by atoms with Gasteiger partial charge in [0, 0.05) is 17.6 Å². The highest BCUT2D eigenvalue weighted by atomic mass is 14.8. The maximum atomic E-state index is 4.80. The maximum absolute atomic E-state index is 4.80. The SMILES string of the molecule is CCCCCCCCC1=NC(=Cc2cc(CC)c(-c3cc(C)c[nH]3)[nH]2)C=C1. The molecule has 0 aliphatic carbocycles. The molecular weight excluding hydrogens is 330 g/mol. The minimum absolute atomic E-state index is 1.01. The second kappa shape index (κ2) is 9.59. The van der Waals surface area contributed by atoms with Gasteiger partial charge in [-0.1, -0.05) is 46.0 Å². The quantitative estimate of drug-likeness (QED) is 0.428. The van der Waals surface area contributed by atoms with Gasteiger partial charge in [0.05, 0.1) is 17.1 Å². The van der Waals surface area contributed by atoms with Crippen molar-refractivity contribution in [2.75, 3.05) is 0 Å². The van der Waals surface area contributed by atoms with Gasteiger partial charge in [0.2, 0.25) is 0 Å². The lowest BCUT2D eigenvalue weighted by molar-refractivity contribution is 0.616. The van der Waals surface area contributed by atoms with Crippen molar-refractivity contribution in [3.8, 4) is 11.4 Å². The summed E-state index contributed by atoms with van der Waals surface area (Å²) in [5, 5.41) is 0. The van der Waals surface area contributed by atoms with E-state index in [0.717, 1.165) is 29.9 Å². The molecule has 3 nitrogen and oxygen atoms in total. The molecule has 0 saturated carbocycles. The highest BCUT2D eigenvalue weighted by Crippen LogP contribution is 2.26. The zero-order valence-electron chi connectivity index (χ0n) is 17.1. The molecular formula is C24H33N3. The van der Waals surface area contributed by atoms with E-state index in [-0.39, 0.29) is 0 Å². The third-order valence-corrected chi connectivity index (χ3v) is 5.21. The van der Waals surface area contributed by atoms with E-state index < -0.39 is 0 Å². The first-order valence-corrected chi connectivity index (χ1v) is 10.5. The van der Waals surface area contributed by atoms with Crippen LogP contribution < -0.4 is 0 Å². The van der Waals surface area contributed by atoms with E-state index in [9.17, 15) is 0 Å². The predicted molar refractivity (Wildman–Crippen MR) is 117 cm³/mol. The third-order valence-electron chi connectivity index (χ3n) is 5.21. The van der Waals surface area contributed by atoms with E-state index in [1.807, 2.05) is 6.20 Å². The molecule has 27 heavy (non-hydrogen) atoms. The lowest BCUT2D eigenvalue weighted by atomic mass is 10.1. The summed E-state index contributed by atoms with van der Waals surface area (Å²) in [6, 6.07) is 4.43. The molecule has 144 valence electrons. The molecule has 1 aliphatic heterocycles. The van der Waals surface area contributed by atoms with Crippen molar-refractivity contribution in [2.24, 2.45) is 4.99 Å². The van der Waals surface area contributed by atoms with E-state index in [2.05, 4.69) is 61.1 Å². The number of H-pyrrole nitrogens is 2. The summed E-state index contributed by atoms with van der Waals surface area (Å²) in [4.78, 5) is 11.7. The van der Waals surface area contributed by atoms with Gasteiger partial charge in [-0.2, -0.15) is 0 Å². The molecule has 0 spiro atoms. The van der Waals surface area contributed by atoms with Gasteiger partial charge in [-0.05, 0) is 67.7 Å². The Hall–Kier alpha value is -2.29. The first kappa shape index (κ1) is 19.5. The number of hydrogen-bond acceptors (Lipinski definition) is 1. The van der Waals surface area contributed by atoms with Gasteiger partial charge < -0.3 is 9.97 Å². The predicted octanol–water partition coefficient (Wildman–Crippen LogP) is 6.98. The van der Waals surface area contributed by atoms with E-state index in [1.165, 1.54) is 61.1 Å². The van der Waals surface area contributed by atoms with Gasteiger partial charge in [-0.15, -0.1) is 0 Å². The monoisotopic (exact) mass is 363 g/mol. The highest BCUT2D eigenvalue weighted by Gasteiger charge is 2.11. The van der Waals surface area contributed by atoms with Gasteiger partial charge in [-0.25, -0.2) is 0 Å². The molecule has 0 aromatic carbocycles. The van der Waals surface area contributed by atoms with E-state index in [4.69, 9.17) is 4.99 Å². The number of aromatic nitrogens is 2. The number of nitrogens with one attached hydrogen (secondary N) is 2. The van der Waals surface area contributed by atoms with Crippen molar-refractivity contribution in [1.29, 1.82) is 0 Å². The molecule has 0 radical (unpaired) electrons. The number of aryl methyl sites for hydroxylation is 2. The van der Waals surface area contributed by atoms with Crippen LogP contribution in [-0.4, -0.2) is 15.7 Å². The lowest BCUT2D eigenvalue weighted by Crippen LogP contribution is -1.90. The molecule has 2 aromatic rings. The maximum Gasteiger partial charge on any atom is 0.0656 e. The summed E-state index contributed by atoms with van der Waals surface area (Å²) in [5.41, 5.74) is 8.33. The van der Waals surface area contributed by atoms with Crippen LogP contribution in [0.3, 0.4) is 0 Å². The van der Waals surface area contributed by atoms with Gasteiger partial charge in [0.25, 0.3) is 0 Å². The Labute approximate surface area is 163 Å². The van der Waals surface area contributed by atoms with Crippen LogP contribution in [0.1, 0.15) is 75.6 Å². The summed E-state index contributed by atoms with van der Waals surface area (Å²) in [6.45, 7) is 6.58. The zero-order chi connectivity index (χ0) is 19.1. The van der Waals surface area contributed by atoms with Crippen LogP contribution in [0.25, 0.3) is 17.5 Å². The highest BCUT2D eigenvalue weighted by molar-refractivity contribution is 5.99. The normalized spacial score (nSPS) is 15.1. The number of allylic oxidation sites excluding steroid dienone is 2. The number of hydrogen-bond donors (Lipinski definition) is 2. The van der Waals surface area contributed by atoms with E-state index in [1.54, 1.807) is 0 Å². The molecule has 2 N–H and O–H groups in total. The Morgan fingerprint density at radius 1 is 1.00 bits per heavy atom. The molecule has 1 aliphatic rings. The van der Waals surface area contributed by atoms with Crippen LogP contribution in [0.15, 0.2) is 41.2 Å². The molecule has 3 heterocycles. The van der Waals surface area contributed by atoms with E-state index >= 15 is 0 Å². The second-order valence-corrected chi connectivity index (χ2v) is 7.59. The first-order chi connectivity index (χ1) is 13.2. The third kappa shape index (κ3) is 5.35. The fourth-order valence-corrected chi connectivity index (χ4v) is 3.65. The van der Waals surface area contributed by atoms with Crippen molar-refractivity contribution in [2.45, 2.75) is 72.1 Å². The molecule has 0 unspecified atom stereocenters. The minimum atomic E-state index is 1.01. The van der Waals surface area contributed by atoms with Gasteiger partial charge in [0.1, 0.15) is 0 Å². The molecule has 0 fully saturated rings. The van der Waals surface area contributed by atoms with E-state index in [0.29, 0.717) is 0 Å². The topological polar surface area (TPSA) is 43.9 Å². The summed E-state index contributed by atoms with van der Waals surface area (Å²) in [7, 11) is 0. The van der Waals surface area contributed by atoms with Crippen molar-refractivity contribution in [3.63, 3.8) is 0 Å². The smallest absolute Gasteiger partial charge is 0.0656 e. The molecule has 3 heteroatoms. The second-order valence-electron chi connectivity index (χ2n) is 7.59. The summed E-state index contributed by atoms with van der Waals surface area (Å²) < 4.78 is 0. The molecule has 3 rings (SSSR count). The fourth-order valence-electron chi connectivity index (χ4n) is 3.65. The average molecular weight is 364 g/mol. The Morgan fingerprint density at radius 3 is 2.56 bits per heavy atom. The van der Waals surface area contributed by atoms with Crippen LogP contribution in [-0.2, 0) is 6.42 Å². The van der Waals surface area contributed by atoms with Gasteiger partial charge >= 0.3 is 0 Å². The molecule has 0 saturated heterocycles. The molecule has 0 amide bonds. The van der Waals surface area contributed by atoms with Crippen molar-refractivity contribution in [1.82, 2.24) is 9.97 Å². The minimum Gasteiger partial charge on any atom is -0.360 e. The van der Waals surface area contributed by atoms with Crippen LogP contribution in [0.5, 0.6) is 0 Å². The lowest BCUT2D eigenvalue weighted by Gasteiger charge is -1.99. The van der Waals surface area contributed by atoms with Crippen LogP contribution in [0.4, 0.5) is 0 Å². The van der Waals surface area contributed by atoms with Crippen LogP contribution in [0, 0.1) is 6.92 Å². The Bertz CT molecular complexity index is 830. The van der Waals surface area contributed by atoms with Crippen molar-refractivity contribution >= 4 is 11.8 Å². The largest absolute Gasteiger partial charge is 0.360 e. The number of unbranched alkanes of at least 4 members (excludes halogenated alkanes) is 5. The Kier molecular flexibility index (Phi) is 6.92. The number of aromatic amines is 2. The molecule has 2 aromatic heterocycles. The van der Waals surface area contributed by atoms with Crippen LogP contribution >= 0.6 is 0 Å². The average Bonchev–Trinajstić information content (AvgIpc) is 3.38.